The summed E-state index contributed by atoms with van der Waals surface area (Å²) in [5.41, 5.74) is 5.70. The van der Waals surface area contributed by atoms with Crippen molar-refractivity contribution in [2.24, 2.45) is 0 Å². The van der Waals surface area contributed by atoms with E-state index in [0.717, 1.165) is 28.1 Å². The molecule has 0 unspecified atom stereocenters. The highest BCUT2D eigenvalue weighted by molar-refractivity contribution is 6.03. The lowest BCUT2D eigenvalue weighted by molar-refractivity contribution is -0.120. The number of aryl methyl sites for hydroxylation is 1. The van der Waals surface area contributed by atoms with Gasteiger partial charge in [0.25, 0.3) is 5.91 Å². The van der Waals surface area contributed by atoms with Crippen LogP contribution in [-0.4, -0.2) is 23.3 Å². The minimum absolute atomic E-state index is 0.0616. The highest BCUT2D eigenvalue weighted by Gasteiger charge is 2.15. The number of pyridine rings is 1. The number of carbonyl (C=O) groups excluding carboxylic acids is 2. The van der Waals surface area contributed by atoms with Crippen LogP contribution in [0, 0.1) is 6.92 Å². The van der Waals surface area contributed by atoms with Gasteiger partial charge in [0.2, 0.25) is 5.91 Å². The van der Waals surface area contributed by atoms with Crippen molar-refractivity contribution in [2.75, 3.05) is 11.4 Å². The molecule has 3 aromatic carbocycles. The van der Waals surface area contributed by atoms with Crippen LogP contribution in [0.2, 0.25) is 0 Å². The molecule has 5 nitrogen and oxygen atoms in total. The molecule has 0 aliphatic rings. The van der Waals surface area contributed by atoms with E-state index in [1.165, 1.54) is 5.56 Å². The lowest BCUT2D eigenvalue weighted by Gasteiger charge is -2.22. The fourth-order valence-electron chi connectivity index (χ4n) is 3.95. The van der Waals surface area contributed by atoms with Gasteiger partial charge in [-0.05, 0) is 54.0 Å². The number of hydrogen-bond donors (Lipinski definition) is 1. The Labute approximate surface area is 218 Å². The van der Waals surface area contributed by atoms with E-state index >= 15 is 0 Å². The second kappa shape index (κ2) is 13.0. The number of anilines is 1. The molecule has 0 radical (unpaired) electrons. The Morgan fingerprint density at radius 1 is 0.865 bits per heavy atom. The maximum atomic E-state index is 13.4. The van der Waals surface area contributed by atoms with Gasteiger partial charge >= 0.3 is 0 Å². The zero-order valence-electron chi connectivity index (χ0n) is 21.0. The van der Waals surface area contributed by atoms with Crippen molar-refractivity contribution >= 4 is 23.6 Å². The van der Waals surface area contributed by atoms with Crippen LogP contribution in [-0.2, 0) is 29.0 Å². The SMILES string of the molecule is Cc1ccc(CN(C(=O)/C=C/c2ccccc2)c2cccc(CC(=O)NCCc3ccccn3)c2)cc1. The van der Waals surface area contributed by atoms with Gasteiger partial charge in [0.15, 0.2) is 0 Å². The van der Waals surface area contributed by atoms with Crippen molar-refractivity contribution in [1.82, 2.24) is 10.3 Å². The van der Waals surface area contributed by atoms with Crippen LogP contribution in [0.3, 0.4) is 0 Å². The first-order valence-electron chi connectivity index (χ1n) is 12.4. The summed E-state index contributed by atoms with van der Waals surface area (Å²) in [6, 6.07) is 31.3. The topological polar surface area (TPSA) is 62.3 Å². The van der Waals surface area contributed by atoms with Crippen LogP contribution in [0.5, 0.6) is 0 Å². The largest absolute Gasteiger partial charge is 0.355 e. The Hall–Kier alpha value is -4.51. The molecule has 0 fully saturated rings. The Morgan fingerprint density at radius 3 is 2.41 bits per heavy atom. The number of amides is 2. The van der Waals surface area contributed by atoms with Gasteiger partial charge in [-0.1, -0.05) is 78.4 Å². The number of aromatic nitrogens is 1. The van der Waals surface area contributed by atoms with Crippen LogP contribution in [0.25, 0.3) is 6.08 Å². The summed E-state index contributed by atoms with van der Waals surface area (Å²) in [7, 11) is 0. The van der Waals surface area contributed by atoms with Crippen molar-refractivity contribution < 1.29 is 9.59 Å². The molecule has 0 aliphatic carbocycles. The highest BCUT2D eigenvalue weighted by Crippen LogP contribution is 2.21. The van der Waals surface area contributed by atoms with Crippen LogP contribution < -0.4 is 10.2 Å². The van der Waals surface area contributed by atoms with Gasteiger partial charge in [-0.25, -0.2) is 0 Å². The van der Waals surface area contributed by atoms with E-state index in [2.05, 4.69) is 10.3 Å². The molecule has 0 spiro atoms. The minimum atomic E-state index is -0.124. The predicted octanol–water partition coefficient (Wildman–Crippen LogP) is 5.54. The summed E-state index contributed by atoms with van der Waals surface area (Å²) >= 11 is 0. The quantitative estimate of drug-likeness (QED) is 0.298. The van der Waals surface area contributed by atoms with Crippen LogP contribution in [0.1, 0.15) is 27.9 Å². The lowest BCUT2D eigenvalue weighted by atomic mass is 10.1. The molecule has 0 bridgehead atoms. The first-order valence-corrected chi connectivity index (χ1v) is 12.4. The lowest BCUT2D eigenvalue weighted by Crippen LogP contribution is -2.29. The normalized spacial score (nSPS) is 10.8. The fraction of sp³-hybridized carbons (Fsp3) is 0.156. The van der Waals surface area contributed by atoms with Crippen LogP contribution >= 0.6 is 0 Å². The van der Waals surface area contributed by atoms with Crippen molar-refractivity contribution in [3.8, 4) is 0 Å². The van der Waals surface area contributed by atoms with Crippen molar-refractivity contribution in [2.45, 2.75) is 26.3 Å². The van der Waals surface area contributed by atoms with E-state index in [1.807, 2.05) is 110 Å². The minimum Gasteiger partial charge on any atom is -0.355 e. The predicted molar refractivity (Wildman–Crippen MR) is 149 cm³/mol. The second-order valence-corrected chi connectivity index (χ2v) is 8.92. The molecular weight excluding hydrogens is 458 g/mol. The monoisotopic (exact) mass is 489 g/mol. The third-order valence-electron chi connectivity index (χ3n) is 5.96. The number of nitrogens with one attached hydrogen (secondary N) is 1. The molecule has 2 amide bonds. The third kappa shape index (κ3) is 8.00. The molecule has 186 valence electrons. The van der Waals surface area contributed by atoms with E-state index in [0.29, 0.717) is 19.5 Å². The summed E-state index contributed by atoms with van der Waals surface area (Å²) in [6.07, 6.45) is 6.09. The van der Waals surface area contributed by atoms with Gasteiger partial charge < -0.3 is 10.2 Å². The van der Waals surface area contributed by atoms with Gasteiger partial charge in [-0.2, -0.15) is 0 Å². The molecule has 0 aliphatic heterocycles. The molecular formula is C32H31N3O2. The Morgan fingerprint density at radius 2 is 1.65 bits per heavy atom. The van der Waals surface area contributed by atoms with Crippen molar-refractivity contribution in [3.63, 3.8) is 0 Å². The van der Waals surface area contributed by atoms with Gasteiger partial charge in [-0.3, -0.25) is 14.6 Å². The van der Waals surface area contributed by atoms with Gasteiger partial charge in [-0.15, -0.1) is 0 Å². The molecule has 1 heterocycles. The molecule has 37 heavy (non-hydrogen) atoms. The highest BCUT2D eigenvalue weighted by atomic mass is 16.2. The summed E-state index contributed by atoms with van der Waals surface area (Å²) in [5, 5.41) is 2.96. The Kier molecular flexibility index (Phi) is 8.97. The molecule has 1 N–H and O–H groups in total. The molecule has 0 saturated heterocycles. The first kappa shape index (κ1) is 25.6. The van der Waals surface area contributed by atoms with E-state index in [-0.39, 0.29) is 18.2 Å². The molecule has 4 aromatic rings. The van der Waals surface area contributed by atoms with Gasteiger partial charge in [0.05, 0.1) is 13.0 Å². The van der Waals surface area contributed by atoms with E-state index < -0.39 is 0 Å². The standard InChI is InChI=1S/C32H31N3O2/c1-25-13-15-27(16-14-25)24-35(32(37)18-17-26-8-3-2-4-9-26)30-12-7-10-28(22-30)23-31(36)34-21-19-29-11-5-6-20-33-29/h2-18,20,22H,19,21,23-24H2,1H3,(H,34,36)/b18-17+. The zero-order chi connectivity index (χ0) is 25.9. The fourth-order valence-corrected chi connectivity index (χ4v) is 3.95. The number of benzene rings is 3. The molecule has 0 saturated carbocycles. The summed E-state index contributed by atoms with van der Waals surface area (Å²) < 4.78 is 0. The average molecular weight is 490 g/mol. The third-order valence-corrected chi connectivity index (χ3v) is 5.96. The number of carbonyl (C=O) groups is 2. The maximum absolute atomic E-state index is 13.4. The molecule has 5 heteroatoms. The summed E-state index contributed by atoms with van der Waals surface area (Å²) in [5.74, 6) is -0.185. The van der Waals surface area contributed by atoms with E-state index in [1.54, 1.807) is 17.2 Å². The second-order valence-electron chi connectivity index (χ2n) is 8.92. The number of rotatable bonds is 10. The van der Waals surface area contributed by atoms with Crippen LogP contribution in [0.4, 0.5) is 5.69 Å². The van der Waals surface area contributed by atoms with Crippen molar-refractivity contribution in [1.29, 1.82) is 0 Å². The Bertz CT molecular complexity index is 1330. The van der Waals surface area contributed by atoms with E-state index in [9.17, 15) is 9.59 Å². The molecule has 0 atom stereocenters. The van der Waals surface area contributed by atoms with E-state index in [4.69, 9.17) is 0 Å². The molecule has 1 aromatic heterocycles. The van der Waals surface area contributed by atoms with Crippen molar-refractivity contribution in [3.05, 3.63) is 137 Å². The zero-order valence-corrected chi connectivity index (χ0v) is 21.0. The van der Waals surface area contributed by atoms with Gasteiger partial charge in [0, 0.05) is 36.6 Å². The molecule has 4 rings (SSSR count). The average Bonchev–Trinajstić information content (AvgIpc) is 2.93. The Balaban J connectivity index is 1.47. The van der Waals surface area contributed by atoms with Crippen LogP contribution in [0.15, 0.2) is 109 Å². The van der Waals surface area contributed by atoms with Gasteiger partial charge in [0.1, 0.15) is 0 Å². The first-order chi connectivity index (χ1) is 18.1. The summed E-state index contributed by atoms with van der Waals surface area (Å²) in [4.78, 5) is 32.0. The number of hydrogen-bond acceptors (Lipinski definition) is 3. The number of nitrogens with zero attached hydrogens (tertiary/aromatic N) is 2. The maximum Gasteiger partial charge on any atom is 0.251 e. The smallest absolute Gasteiger partial charge is 0.251 e. The summed E-state index contributed by atoms with van der Waals surface area (Å²) in [6.45, 7) is 3.00.